The molecule has 0 spiro atoms. The van der Waals surface area contributed by atoms with Crippen LogP contribution >= 0.6 is 0 Å². The van der Waals surface area contributed by atoms with Gasteiger partial charge >= 0.3 is 5.97 Å². The fraction of sp³-hybridized carbons (Fsp3) is 0.562. The Morgan fingerprint density at radius 2 is 2.04 bits per heavy atom. The number of carbonyl (C=O) groups excluding carboxylic acids is 2. The predicted molar refractivity (Wildman–Crippen MR) is 81.7 cm³/mol. The molecule has 0 saturated heterocycles. The Morgan fingerprint density at radius 3 is 2.61 bits per heavy atom. The number of anilines is 1. The number of hydrogen-bond acceptors (Lipinski definition) is 4. The molecule has 2 saturated carbocycles. The van der Waals surface area contributed by atoms with Crippen LogP contribution in [0.3, 0.4) is 0 Å². The van der Waals surface area contributed by atoms with Gasteiger partial charge in [-0.15, -0.1) is 0 Å². The van der Waals surface area contributed by atoms with E-state index in [0.717, 1.165) is 25.7 Å². The van der Waals surface area contributed by atoms with Gasteiger partial charge in [0, 0.05) is 5.56 Å². The molecule has 1 aromatic heterocycles. The van der Waals surface area contributed by atoms with Gasteiger partial charge in [0.15, 0.2) is 11.6 Å². The monoisotopic (exact) mass is 321 g/mol. The number of H-pyrrole nitrogens is 1. The van der Waals surface area contributed by atoms with Gasteiger partial charge in [0.2, 0.25) is 0 Å². The van der Waals surface area contributed by atoms with Crippen LogP contribution in [0.5, 0.6) is 0 Å². The first kappa shape index (κ1) is 15.7. The Hall–Kier alpha value is -2.18. The van der Waals surface area contributed by atoms with Crippen molar-refractivity contribution in [3.8, 4) is 0 Å². The maximum absolute atomic E-state index is 14.1. The van der Waals surface area contributed by atoms with E-state index in [1.165, 1.54) is 0 Å². The number of halogens is 1. The van der Waals surface area contributed by atoms with Gasteiger partial charge in [0.05, 0.1) is 6.61 Å². The maximum atomic E-state index is 14.1. The number of aromatic amines is 1. The smallest absolute Gasteiger partial charge is 0.356 e. The summed E-state index contributed by atoms with van der Waals surface area (Å²) in [6, 6.07) is 0. The SMILES string of the molecule is CCOC(=O)c1[nH]nc(NC(=O)/C(F)=C(\C)C2CC2)c1C1CC1. The van der Waals surface area contributed by atoms with Crippen molar-refractivity contribution in [3.05, 3.63) is 22.7 Å². The summed E-state index contributed by atoms with van der Waals surface area (Å²) in [5.74, 6) is -1.52. The number of nitrogens with one attached hydrogen (secondary N) is 2. The summed E-state index contributed by atoms with van der Waals surface area (Å²) in [4.78, 5) is 24.0. The molecule has 23 heavy (non-hydrogen) atoms. The number of amides is 1. The van der Waals surface area contributed by atoms with Crippen LogP contribution < -0.4 is 5.32 Å². The van der Waals surface area contributed by atoms with Crippen molar-refractivity contribution in [2.75, 3.05) is 11.9 Å². The molecule has 124 valence electrons. The topological polar surface area (TPSA) is 84.1 Å². The molecular weight excluding hydrogens is 301 g/mol. The van der Waals surface area contributed by atoms with E-state index in [-0.39, 0.29) is 30.0 Å². The maximum Gasteiger partial charge on any atom is 0.356 e. The first-order valence-corrected chi connectivity index (χ1v) is 7.95. The van der Waals surface area contributed by atoms with Crippen molar-refractivity contribution >= 4 is 17.7 Å². The van der Waals surface area contributed by atoms with Crippen LogP contribution in [-0.2, 0) is 9.53 Å². The van der Waals surface area contributed by atoms with Gasteiger partial charge in [-0.3, -0.25) is 9.89 Å². The van der Waals surface area contributed by atoms with Crippen molar-refractivity contribution in [1.82, 2.24) is 10.2 Å². The summed E-state index contributed by atoms with van der Waals surface area (Å²) >= 11 is 0. The molecule has 0 atom stereocenters. The number of aromatic nitrogens is 2. The second-order valence-electron chi connectivity index (χ2n) is 6.08. The number of hydrogen-bond donors (Lipinski definition) is 2. The van der Waals surface area contributed by atoms with Crippen LogP contribution in [0.25, 0.3) is 0 Å². The highest BCUT2D eigenvalue weighted by atomic mass is 19.1. The second-order valence-corrected chi connectivity index (χ2v) is 6.08. The summed E-state index contributed by atoms with van der Waals surface area (Å²) in [5.41, 5.74) is 1.35. The van der Waals surface area contributed by atoms with Crippen LogP contribution in [0.1, 0.15) is 61.5 Å². The fourth-order valence-corrected chi connectivity index (χ4v) is 2.61. The van der Waals surface area contributed by atoms with Gasteiger partial charge in [-0.25, -0.2) is 9.18 Å². The molecule has 0 unspecified atom stereocenters. The van der Waals surface area contributed by atoms with Gasteiger partial charge in [-0.05, 0) is 56.9 Å². The van der Waals surface area contributed by atoms with E-state index >= 15 is 0 Å². The van der Waals surface area contributed by atoms with E-state index in [9.17, 15) is 14.0 Å². The molecule has 0 aliphatic heterocycles. The number of nitrogens with zero attached hydrogens (tertiary/aromatic N) is 1. The zero-order valence-electron chi connectivity index (χ0n) is 13.2. The van der Waals surface area contributed by atoms with E-state index in [1.54, 1.807) is 13.8 Å². The molecule has 2 N–H and O–H groups in total. The number of rotatable bonds is 6. The summed E-state index contributed by atoms with van der Waals surface area (Å²) < 4.78 is 19.1. The molecule has 1 heterocycles. The minimum absolute atomic E-state index is 0.153. The van der Waals surface area contributed by atoms with Gasteiger partial charge < -0.3 is 10.1 Å². The number of ether oxygens (including phenoxy) is 1. The summed E-state index contributed by atoms with van der Waals surface area (Å²) in [6.07, 6.45) is 3.67. The zero-order valence-corrected chi connectivity index (χ0v) is 13.2. The van der Waals surface area contributed by atoms with Gasteiger partial charge in [0.1, 0.15) is 5.69 Å². The largest absolute Gasteiger partial charge is 0.461 e. The third kappa shape index (κ3) is 3.28. The molecule has 2 aliphatic carbocycles. The molecule has 7 heteroatoms. The van der Waals surface area contributed by atoms with Gasteiger partial charge in [0.25, 0.3) is 5.91 Å². The van der Waals surface area contributed by atoms with Gasteiger partial charge in [-0.2, -0.15) is 5.10 Å². The van der Waals surface area contributed by atoms with Crippen LogP contribution in [0.2, 0.25) is 0 Å². The average molecular weight is 321 g/mol. The molecule has 3 rings (SSSR count). The first-order chi connectivity index (χ1) is 11.0. The highest BCUT2D eigenvalue weighted by Gasteiger charge is 2.35. The van der Waals surface area contributed by atoms with E-state index in [0.29, 0.717) is 11.1 Å². The Balaban J connectivity index is 1.81. The molecule has 1 aromatic rings. The molecule has 0 radical (unpaired) electrons. The first-order valence-electron chi connectivity index (χ1n) is 7.95. The lowest BCUT2D eigenvalue weighted by Gasteiger charge is -2.06. The van der Waals surface area contributed by atoms with Crippen molar-refractivity contribution in [3.63, 3.8) is 0 Å². The predicted octanol–water partition coefficient (Wildman–Crippen LogP) is 3.06. The normalized spacial score (nSPS) is 18.4. The standard InChI is InChI=1S/C16H20FN3O3/c1-3-23-16(22)13-11(10-6-7-10)14(20-19-13)18-15(21)12(17)8(2)9-4-5-9/h9-10H,3-7H2,1-2H3,(H2,18,19,20,21)/b12-8-. The van der Waals surface area contributed by atoms with Crippen LogP contribution in [-0.4, -0.2) is 28.7 Å². The number of carbonyl (C=O) groups is 2. The van der Waals surface area contributed by atoms with Crippen LogP contribution in [0, 0.1) is 5.92 Å². The number of allylic oxidation sites excluding steroid dienone is 1. The highest BCUT2D eigenvalue weighted by Crippen LogP contribution is 2.45. The van der Waals surface area contributed by atoms with Gasteiger partial charge in [-0.1, -0.05) is 0 Å². The lowest BCUT2D eigenvalue weighted by atomic mass is 10.1. The minimum Gasteiger partial charge on any atom is -0.461 e. The van der Waals surface area contributed by atoms with Crippen molar-refractivity contribution in [2.45, 2.75) is 45.4 Å². The van der Waals surface area contributed by atoms with E-state index in [4.69, 9.17) is 4.74 Å². The molecule has 6 nitrogen and oxygen atoms in total. The van der Waals surface area contributed by atoms with E-state index in [1.807, 2.05) is 0 Å². The quantitative estimate of drug-likeness (QED) is 0.623. The lowest BCUT2D eigenvalue weighted by Crippen LogP contribution is -2.15. The minimum atomic E-state index is -0.807. The molecule has 2 aliphatic rings. The second kappa shape index (κ2) is 6.14. The number of esters is 1. The Bertz CT molecular complexity index is 672. The molecule has 2 fully saturated rings. The zero-order chi connectivity index (χ0) is 16.6. The Labute approximate surface area is 133 Å². The summed E-state index contributed by atoms with van der Waals surface area (Å²) in [6.45, 7) is 3.61. The molecule has 1 amide bonds. The van der Waals surface area contributed by atoms with Crippen LogP contribution in [0.4, 0.5) is 10.2 Å². The third-order valence-electron chi connectivity index (χ3n) is 4.24. The molecule has 0 aromatic carbocycles. The van der Waals surface area contributed by atoms with Crippen molar-refractivity contribution < 1.29 is 18.7 Å². The third-order valence-corrected chi connectivity index (χ3v) is 4.24. The molecule has 0 bridgehead atoms. The van der Waals surface area contributed by atoms with E-state index < -0.39 is 17.7 Å². The fourth-order valence-electron chi connectivity index (χ4n) is 2.61. The lowest BCUT2D eigenvalue weighted by molar-refractivity contribution is -0.114. The highest BCUT2D eigenvalue weighted by molar-refractivity contribution is 6.03. The summed E-state index contributed by atoms with van der Waals surface area (Å²) in [7, 11) is 0. The summed E-state index contributed by atoms with van der Waals surface area (Å²) in [5, 5.41) is 9.08. The molecular formula is C16H20FN3O3. The van der Waals surface area contributed by atoms with Crippen molar-refractivity contribution in [2.24, 2.45) is 5.92 Å². The Morgan fingerprint density at radius 1 is 1.35 bits per heavy atom. The Kier molecular flexibility index (Phi) is 4.19. The average Bonchev–Trinajstić information content (AvgIpc) is 3.44. The van der Waals surface area contributed by atoms with Crippen LogP contribution in [0.15, 0.2) is 11.4 Å². The van der Waals surface area contributed by atoms with E-state index in [2.05, 4.69) is 15.5 Å². The van der Waals surface area contributed by atoms with Crippen molar-refractivity contribution in [1.29, 1.82) is 0 Å².